The van der Waals surface area contributed by atoms with Crippen LogP contribution in [0.1, 0.15) is 16.2 Å². The molecule has 2 rings (SSSR count). The van der Waals surface area contributed by atoms with Gasteiger partial charge in [-0.1, -0.05) is 18.2 Å². The van der Waals surface area contributed by atoms with Gasteiger partial charge in [0.05, 0.1) is 0 Å². The maximum Gasteiger partial charge on any atom is 0.401 e. The topological polar surface area (TPSA) is 88.7 Å². The third kappa shape index (κ3) is 2.75. The molecule has 5 nitrogen and oxygen atoms in total. The van der Waals surface area contributed by atoms with Gasteiger partial charge in [-0.3, -0.25) is 4.79 Å². The number of aromatic carboxylic acids is 1. The summed E-state index contributed by atoms with van der Waals surface area (Å²) in [5.74, 6) is -2.11. The molecule has 3 N–H and O–H groups in total. The second-order valence-electron chi connectivity index (χ2n) is 3.62. The molecule has 1 heterocycles. The van der Waals surface area contributed by atoms with E-state index in [0.29, 0.717) is 11.1 Å². The second kappa shape index (κ2) is 5.46. The summed E-state index contributed by atoms with van der Waals surface area (Å²) < 4.78 is 0. The van der Waals surface area contributed by atoms with Crippen molar-refractivity contribution < 1.29 is 37.2 Å². The van der Waals surface area contributed by atoms with E-state index in [2.05, 4.69) is 4.98 Å². The lowest BCUT2D eigenvalue weighted by Gasteiger charge is -1.99. The lowest BCUT2D eigenvalue weighted by Crippen LogP contribution is -3.00. The van der Waals surface area contributed by atoms with Crippen LogP contribution in [0.15, 0.2) is 30.3 Å². The molecule has 94 valence electrons. The van der Waals surface area contributed by atoms with E-state index in [1.54, 1.807) is 24.3 Å². The minimum absolute atomic E-state index is 0. The first kappa shape index (κ1) is 13.9. The van der Waals surface area contributed by atoms with Crippen molar-refractivity contribution in [2.45, 2.75) is 6.42 Å². The molecule has 0 atom stereocenters. The van der Waals surface area contributed by atoms with Crippen molar-refractivity contribution in [3.8, 4) is 0 Å². The first-order chi connectivity index (χ1) is 8.08. The van der Waals surface area contributed by atoms with Gasteiger partial charge in [-0.2, -0.15) is 0 Å². The van der Waals surface area contributed by atoms with E-state index in [9.17, 15) is 9.59 Å². The Balaban J connectivity index is 0.00000162. The molecule has 0 bridgehead atoms. The summed E-state index contributed by atoms with van der Waals surface area (Å²) in [6.07, 6.45) is -0.234. The molecule has 0 amide bonds. The van der Waals surface area contributed by atoms with Crippen LogP contribution < -0.4 is 17.4 Å². The van der Waals surface area contributed by atoms with Gasteiger partial charge in [0.25, 0.3) is 5.69 Å². The molecule has 0 fully saturated rings. The van der Waals surface area contributed by atoms with E-state index in [0.717, 1.165) is 5.39 Å². The molecule has 1 aromatic carbocycles. The number of rotatable bonds is 3. The molecule has 0 unspecified atom stereocenters. The smallest absolute Gasteiger partial charge is 0.401 e. The minimum atomic E-state index is -1.11. The highest BCUT2D eigenvalue weighted by atomic mass is 35.5. The molecule has 0 aliphatic carbocycles. The monoisotopic (exact) mass is 267 g/mol. The molecule has 0 saturated carbocycles. The third-order valence-electron chi connectivity index (χ3n) is 2.43. The lowest BCUT2D eigenvalue weighted by atomic mass is 10.1. The van der Waals surface area contributed by atoms with E-state index in [-0.39, 0.29) is 24.5 Å². The first-order valence-electron chi connectivity index (χ1n) is 4.97. The van der Waals surface area contributed by atoms with Gasteiger partial charge in [0.2, 0.25) is 0 Å². The average Bonchev–Trinajstić information content (AvgIpc) is 2.28. The minimum Gasteiger partial charge on any atom is -1.00 e. The fourth-order valence-corrected chi connectivity index (χ4v) is 1.73. The Hall–Kier alpha value is -2.14. The van der Waals surface area contributed by atoms with Gasteiger partial charge in [-0.05, 0) is 11.5 Å². The third-order valence-corrected chi connectivity index (χ3v) is 2.43. The predicted octanol–water partition coefficient (Wildman–Crippen LogP) is -2.02. The summed E-state index contributed by atoms with van der Waals surface area (Å²) in [6, 6.07) is 8.56. The van der Waals surface area contributed by atoms with Gasteiger partial charge in [-0.25, -0.2) is 9.78 Å². The Morgan fingerprint density at radius 1 is 1.17 bits per heavy atom. The molecule has 2 aromatic rings. The van der Waals surface area contributed by atoms with Crippen LogP contribution >= 0.6 is 0 Å². The number of benzene rings is 1. The van der Waals surface area contributed by atoms with E-state index < -0.39 is 11.9 Å². The van der Waals surface area contributed by atoms with Gasteiger partial charge >= 0.3 is 11.9 Å². The van der Waals surface area contributed by atoms with Crippen LogP contribution in [0.3, 0.4) is 0 Å². The zero-order valence-electron chi connectivity index (χ0n) is 9.18. The zero-order valence-corrected chi connectivity index (χ0v) is 9.94. The van der Waals surface area contributed by atoms with Crippen LogP contribution in [-0.4, -0.2) is 22.2 Å². The van der Waals surface area contributed by atoms with Crippen molar-refractivity contribution in [2.24, 2.45) is 0 Å². The molecule has 6 heteroatoms. The van der Waals surface area contributed by atoms with Crippen LogP contribution in [0, 0.1) is 0 Å². The number of fused-ring (bicyclic) bond motifs is 1. The number of carbonyl (C=O) groups is 2. The molecule has 18 heavy (non-hydrogen) atoms. The van der Waals surface area contributed by atoms with Crippen LogP contribution in [0.4, 0.5) is 0 Å². The predicted molar refractivity (Wildman–Crippen MR) is 58.8 cm³/mol. The van der Waals surface area contributed by atoms with Crippen LogP contribution in [0.25, 0.3) is 10.8 Å². The van der Waals surface area contributed by atoms with Crippen LogP contribution in [0.5, 0.6) is 0 Å². The Morgan fingerprint density at radius 3 is 2.44 bits per heavy atom. The number of pyridine rings is 1. The number of hydrogen-bond acceptors (Lipinski definition) is 2. The Kier molecular flexibility index (Phi) is 4.23. The number of carboxylic acid groups (broad SMARTS) is 2. The number of aromatic nitrogens is 1. The van der Waals surface area contributed by atoms with Crippen LogP contribution in [0.2, 0.25) is 0 Å². The lowest BCUT2D eigenvalue weighted by molar-refractivity contribution is -0.392. The van der Waals surface area contributed by atoms with Gasteiger partial charge in [-0.15, -0.1) is 0 Å². The largest absolute Gasteiger partial charge is 1.00 e. The zero-order chi connectivity index (χ0) is 12.4. The number of carboxylic acids is 2. The van der Waals surface area contributed by atoms with Gasteiger partial charge in [0.1, 0.15) is 6.42 Å². The fraction of sp³-hybridized carbons (Fsp3) is 0.0833. The highest BCUT2D eigenvalue weighted by Crippen LogP contribution is 2.16. The molecule has 0 spiro atoms. The quantitative estimate of drug-likeness (QED) is 0.672. The molecular weight excluding hydrogens is 258 g/mol. The van der Waals surface area contributed by atoms with Crippen molar-refractivity contribution in [1.82, 2.24) is 0 Å². The van der Waals surface area contributed by atoms with Gasteiger partial charge in [0, 0.05) is 11.5 Å². The summed E-state index contributed by atoms with van der Waals surface area (Å²) in [5, 5.41) is 19.1. The van der Waals surface area contributed by atoms with Crippen molar-refractivity contribution in [3.63, 3.8) is 0 Å². The summed E-state index contributed by atoms with van der Waals surface area (Å²) >= 11 is 0. The van der Waals surface area contributed by atoms with E-state index >= 15 is 0 Å². The molecule has 1 aromatic heterocycles. The Bertz CT molecular complexity index is 612. The van der Waals surface area contributed by atoms with Crippen LogP contribution in [-0.2, 0) is 11.2 Å². The van der Waals surface area contributed by atoms with E-state index in [1.807, 2.05) is 0 Å². The molecular formula is C12H10ClNO4. The number of nitrogens with one attached hydrogen (secondary N) is 1. The maximum absolute atomic E-state index is 10.9. The normalized spacial score (nSPS) is 9.78. The highest BCUT2D eigenvalue weighted by molar-refractivity contribution is 5.92. The maximum atomic E-state index is 10.9. The van der Waals surface area contributed by atoms with Crippen molar-refractivity contribution in [3.05, 3.63) is 41.7 Å². The SMILES string of the molecule is O=C(O)Cc1[nH+]c(C(=O)O)cc2ccccc12.[Cl-]. The average molecular weight is 268 g/mol. The first-order valence-corrected chi connectivity index (χ1v) is 4.97. The summed E-state index contributed by atoms with van der Waals surface area (Å²) in [5.41, 5.74) is 0.382. The molecule has 0 radical (unpaired) electrons. The number of hydrogen-bond donors (Lipinski definition) is 2. The standard InChI is InChI=1S/C12H9NO4.ClH/c14-11(15)6-9-8-4-2-1-3-7(8)5-10(13-9)12(16)17;/h1-5H,6H2,(H,14,15)(H,16,17);1H. The van der Waals surface area contributed by atoms with E-state index in [1.165, 1.54) is 6.07 Å². The Morgan fingerprint density at radius 2 is 1.83 bits per heavy atom. The van der Waals surface area contributed by atoms with Crippen molar-refractivity contribution >= 4 is 22.7 Å². The summed E-state index contributed by atoms with van der Waals surface area (Å²) in [4.78, 5) is 24.3. The fourth-order valence-electron chi connectivity index (χ4n) is 1.73. The van der Waals surface area contributed by atoms with E-state index in [4.69, 9.17) is 10.2 Å². The van der Waals surface area contributed by atoms with Crippen molar-refractivity contribution in [2.75, 3.05) is 0 Å². The molecule has 0 aliphatic heterocycles. The Labute approximate surface area is 108 Å². The summed E-state index contributed by atoms with van der Waals surface area (Å²) in [7, 11) is 0. The number of H-pyrrole nitrogens is 1. The summed E-state index contributed by atoms with van der Waals surface area (Å²) in [6.45, 7) is 0. The van der Waals surface area contributed by atoms with Gasteiger partial charge in [0.15, 0.2) is 5.69 Å². The number of aromatic amines is 1. The molecule has 0 saturated heterocycles. The second-order valence-corrected chi connectivity index (χ2v) is 3.62. The highest BCUT2D eigenvalue weighted by Gasteiger charge is 2.19. The number of halogens is 1. The number of aliphatic carboxylic acids is 1. The molecule has 0 aliphatic rings. The van der Waals surface area contributed by atoms with Crippen molar-refractivity contribution in [1.29, 1.82) is 0 Å². The van der Waals surface area contributed by atoms with Gasteiger partial charge < -0.3 is 22.6 Å².